The number of benzene rings is 1. The number of aryl methyl sites for hydroxylation is 1. The Bertz CT molecular complexity index is 995. The Morgan fingerprint density at radius 1 is 1.07 bits per heavy atom. The van der Waals surface area contributed by atoms with E-state index in [2.05, 4.69) is 25.8 Å². The van der Waals surface area contributed by atoms with Crippen molar-refractivity contribution in [3.8, 4) is 11.4 Å². The molecular weight excluding hydrogens is 417 g/mol. The SMILES string of the molecule is O=C(CCc1nc(-c2cccnc2)no1)NCCNC(=O)c1ccc(Cl)c(Cl)c1. The summed E-state index contributed by atoms with van der Waals surface area (Å²) in [5.74, 6) is 0.312. The van der Waals surface area contributed by atoms with E-state index in [9.17, 15) is 9.59 Å². The molecular formula is C19H17Cl2N5O3. The van der Waals surface area contributed by atoms with Crippen LogP contribution in [0.15, 0.2) is 47.2 Å². The van der Waals surface area contributed by atoms with Crippen LogP contribution in [0.5, 0.6) is 0 Å². The lowest BCUT2D eigenvalue weighted by Crippen LogP contribution is -2.34. The summed E-state index contributed by atoms with van der Waals surface area (Å²) in [5.41, 5.74) is 1.14. The second kappa shape index (κ2) is 9.99. The zero-order chi connectivity index (χ0) is 20.6. The molecule has 0 aliphatic heterocycles. The summed E-state index contributed by atoms with van der Waals surface area (Å²) in [6.07, 6.45) is 3.79. The lowest BCUT2D eigenvalue weighted by atomic mass is 10.2. The average molecular weight is 434 g/mol. The number of hydrogen-bond acceptors (Lipinski definition) is 6. The fourth-order valence-corrected chi connectivity index (χ4v) is 2.69. The molecule has 3 aromatic rings. The first kappa shape index (κ1) is 20.8. The van der Waals surface area contributed by atoms with Gasteiger partial charge in [0.15, 0.2) is 0 Å². The van der Waals surface area contributed by atoms with Crippen LogP contribution in [-0.2, 0) is 11.2 Å². The van der Waals surface area contributed by atoms with Crippen molar-refractivity contribution in [1.82, 2.24) is 25.8 Å². The first-order valence-corrected chi connectivity index (χ1v) is 9.51. The van der Waals surface area contributed by atoms with E-state index in [1.807, 2.05) is 6.07 Å². The largest absolute Gasteiger partial charge is 0.354 e. The summed E-state index contributed by atoms with van der Waals surface area (Å²) in [4.78, 5) is 32.2. The number of aromatic nitrogens is 3. The molecule has 0 spiro atoms. The van der Waals surface area contributed by atoms with Gasteiger partial charge in [-0.15, -0.1) is 0 Å². The standard InChI is InChI=1S/C19H17Cl2N5O3/c20-14-4-3-12(10-15(14)21)19(28)24-9-8-23-16(27)5-6-17-25-18(26-29-17)13-2-1-7-22-11-13/h1-4,7,10-11H,5-6,8-9H2,(H,23,27)(H,24,28). The van der Waals surface area contributed by atoms with Crippen molar-refractivity contribution in [1.29, 1.82) is 0 Å². The van der Waals surface area contributed by atoms with Crippen LogP contribution in [0, 0.1) is 0 Å². The Balaban J connectivity index is 1.36. The van der Waals surface area contributed by atoms with E-state index in [-0.39, 0.29) is 31.3 Å². The number of carbonyl (C=O) groups is 2. The van der Waals surface area contributed by atoms with Gasteiger partial charge in [-0.1, -0.05) is 28.4 Å². The molecule has 150 valence electrons. The molecule has 8 nitrogen and oxygen atoms in total. The topological polar surface area (TPSA) is 110 Å². The van der Waals surface area contributed by atoms with Crippen LogP contribution in [-0.4, -0.2) is 40.0 Å². The van der Waals surface area contributed by atoms with E-state index in [0.29, 0.717) is 33.7 Å². The molecule has 0 aliphatic carbocycles. The van der Waals surface area contributed by atoms with E-state index in [1.54, 1.807) is 30.6 Å². The number of halogens is 2. The van der Waals surface area contributed by atoms with E-state index in [0.717, 1.165) is 5.56 Å². The van der Waals surface area contributed by atoms with Crippen LogP contribution in [0.25, 0.3) is 11.4 Å². The molecule has 3 rings (SSSR count). The van der Waals surface area contributed by atoms with Crippen molar-refractivity contribution in [2.24, 2.45) is 0 Å². The molecule has 2 amide bonds. The van der Waals surface area contributed by atoms with Crippen molar-refractivity contribution < 1.29 is 14.1 Å². The smallest absolute Gasteiger partial charge is 0.251 e. The molecule has 10 heteroatoms. The van der Waals surface area contributed by atoms with Gasteiger partial charge in [-0.25, -0.2) is 0 Å². The zero-order valence-electron chi connectivity index (χ0n) is 15.2. The van der Waals surface area contributed by atoms with E-state index in [1.165, 1.54) is 6.07 Å². The molecule has 0 fully saturated rings. The molecule has 0 unspecified atom stereocenters. The first-order chi connectivity index (χ1) is 14.0. The summed E-state index contributed by atoms with van der Waals surface area (Å²) < 4.78 is 5.15. The van der Waals surface area contributed by atoms with Gasteiger partial charge in [-0.05, 0) is 30.3 Å². The van der Waals surface area contributed by atoms with Crippen LogP contribution in [0.4, 0.5) is 0 Å². The Morgan fingerprint density at radius 3 is 2.66 bits per heavy atom. The summed E-state index contributed by atoms with van der Waals surface area (Å²) >= 11 is 11.7. The Morgan fingerprint density at radius 2 is 1.90 bits per heavy atom. The summed E-state index contributed by atoms with van der Waals surface area (Å²) in [6.45, 7) is 0.563. The van der Waals surface area contributed by atoms with Crippen molar-refractivity contribution in [3.05, 3.63) is 64.2 Å². The van der Waals surface area contributed by atoms with Gasteiger partial charge in [0.2, 0.25) is 17.6 Å². The van der Waals surface area contributed by atoms with Gasteiger partial charge in [0.25, 0.3) is 5.91 Å². The third-order valence-corrected chi connectivity index (χ3v) is 4.61. The van der Waals surface area contributed by atoms with Gasteiger partial charge in [0.05, 0.1) is 10.0 Å². The van der Waals surface area contributed by atoms with Crippen LogP contribution >= 0.6 is 23.2 Å². The summed E-state index contributed by atoms with van der Waals surface area (Å²) in [6, 6.07) is 8.21. The highest BCUT2D eigenvalue weighted by atomic mass is 35.5. The molecule has 0 bridgehead atoms. The minimum absolute atomic E-state index is 0.185. The fraction of sp³-hybridized carbons (Fsp3) is 0.211. The highest BCUT2D eigenvalue weighted by Gasteiger charge is 2.11. The average Bonchev–Trinajstić information content (AvgIpc) is 3.21. The Kier molecular flexibility index (Phi) is 7.15. The van der Waals surface area contributed by atoms with Crippen LogP contribution in [0.1, 0.15) is 22.7 Å². The number of amides is 2. The molecule has 2 heterocycles. The van der Waals surface area contributed by atoms with E-state index in [4.69, 9.17) is 27.7 Å². The minimum Gasteiger partial charge on any atom is -0.354 e. The zero-order valence-corrected chi connectivity index (χ0v) is 16.7. The predicted octanol–water partition coefficient (Wildman–Crippen LogP) is 2.92. The van der Waals surface area contributed by atoms with Crippen molar-refractivity contribution in [2.75, 3.05) is 13.1 Å². The highest BCUT2D eigenvalue weighted by molar-refractivity contribution is 6.42. The lowest BCUT2D eigenvalue weighted by Gasteiger charge is -2.07. The van der Waals surface area contributed by atoms with Crippen molar-refractivity contribution in [3.63, 3.8) is 0 Å². The van der Waals surface area contributed by atoms with Gasteiger partial charge in [0.1, 0.15) is 0 Å². The van der Waals surface area contributed by atoms with Crippen LogP contribution in [0.3, 0.4) is 0 Å². The molecule has 0 saturated heterocycles. The number of hydrogen-bond donors (Lipinski definition) is 2. The van der Waals surface area contributed by atoms with Gasteiger partial charge in [-0.3, -0.25) is 14.6 Å². The second-order valence-corrected chi connectivity index (χ2v) is 6.80. The molecule has 2 N–H and O–H groups in total. The monoisotopic (exact) mass is 433 g/mol. The number of nitrogens with zero attached hydrogens (tertiary/aromatic N) is 3. The molecule has 0 atom stereocenters. The molecule has 2 aromatic heterocycles. The molecule has 0 radical (unpaired) electrons. The number of rotatable bonds is 8. The minimum atomic E-state index is -0.299. The maximum absolute atomic E-state index is 12.0. The van der Waals surface area contributed by atoms with E-state index >= 15 is 0 Å². The summed E-state index contributed by atoms with van der Waals surface area (Å²) in [7, 11) is 0. The third kappa shape index (κ3) is 6.00. The van der Waals surface area contributed by atoms with Gasteiger partial charge in [0, 0.05) is 49.5 Å². The summed E-state index contributed by atoms with van der Waals surface area (Å²) in [5, 5.41) is 9.97. The van der Waals surface area contributed by atoms with Crippen molar-refractivity contribution >= 4 is 35.0 Å². The normalized spacial score (nSPS) is 10.6. The van der Waals surface area contributed by atoms with Gasteiger partial charge < -0.3 is 15.2 Å². The Hall–Kier alpha value is -2.97. The lowest BCUT2D eigenvalue weighted by molar-refractivity contribution is -0.121. The maximum atomic E-state index is 12.0. The molecule has 29 heavy (non-hydrogen) atoms. The maximum Gasteiger partial charge on any atom is 0.251 e. The quantitative estimate of drug-likeness (QED) is 0.528. The Labute approximate surface area is 176 Å². The number of pyridine rings is 1. The van der Waals surface area contributed by atoms with Crippen LogP contribution in [0.2, 0.25) is 10.0 Å². The van der Waals surface area contributed by atoms with Crippen LogP contribution < -0.4 is 10.6 Å². The third-order valence-electron chi connectivity index (χ3n) is 3.87. The fourth-order valence-electron chi connectivity index (χ4n) is 2.39. The highest BCUT2D eigenvalue weighted by Crippen LogP contribution is 2.22. The van der Waals surface area contributed by atoms with Crippen molar-refractivity contribution in [2.45, 2.75) is 12.8 Å². The number of carbonyl (C=O) groups excluding carboxylic acids is 2. The van der Waals surface area contributed by atoms with Gasteiger partial charge in [-0.2, -0.15) is 4.98 Å². The van der Waals surface area contributed by atoms with E-state index < -0.39 is 0 Å². The first-order valence-electron chi connectivity index (χ1n) is 8.76. The predicted molar refractivity (Wildman–Crippen MR) is 108 cm³/mol. The van der Waals surface area contributed by atoms with Gasteiger partial charge >= 0.3 is 0 Å². The number of nitrogens with one attached hydrogen (secondary N) is 2. The molecule has 1 aromatic carbocycles. The molecule has 0 saturated carbocycles. The second-order valence-electron chi connectivity index (χ2n) is 5.99. The molecule has 0 aliphatic rings.